The molecule has 0 heterocycles. The number of ether oxygens (including phenoxy) is 2. The summed E-state index contributed by atoms with van der Waals surface area (Å²) >= 11 is 0. The van der Waals surface area contributed by atoms with Gasteiger partial charge in [0.25, 0.3) is 0 Å². The summed E-state index contributed by atoms with van der Waals surface area (Å²) in [6.07, 6.45) is 39.7. The fraction of sp³-hybridized carbons (Fsp3) is 0.911. The summed E-state index contributed by atoms with van der Waals surface area (Å²) in [5, 5.41) is 0. The predicted molar refractivity (Wildman–Crippen MR) is 229 cm³/mol. The SMILES string of the molecule is CCCCCC/C=C\CCCCCCCC(=O)OC(COC(=O)CCCCCCCCCCCCCCCCCCCC)COP(=O)(O)OCC[N+](C)(C)C. The largest absolute Gasteiger partial charge is 0.472 e. The fourth-order valence-electron chi connectivity index (χ4n) is 6.42. The van der Waals surface area contributed by atoms with Gasteiger partial charge < -0.3 is 18.9 Å². The summed E-state index contributed by atoms with van der Waals surface area (Å²) in [6.45, 7) is 4.42. The molecule has 0 aliphatic heterocycles. The Labute approximate surface area is 339 Å². The summed E-state index contributed by atoms with van der Waals surface area (Å²) in [5.74, 6) is -0.798. The molecule has 0 saturated heterocycles. The second-order valence-electron chi connectivity index (χ2n) is 16.8. The Morgan fingerprint density at radius 1 is 0.545 bits per heavy atom. The zero-order valence-electron chi connectivity index (χ0n) is 36.7. The van der Waals surface area contributed by atoms with Gasteiger partial charge in [0.2, 0.25) is 0 Å². The molecule has 9 nitrogen and oxygen atoms in total. The minimum absolute atomic E-state index is 0.0332. The zero-order chi connectivity index (χ0) is 40.7. The van der Waals surface area contributed by atoms with Crippen molar-refractivity contribution < 1.29 is 42.1 Å². The molecule has 0 radical (unpaired) electrons. The molecule has 0 rings (SSSR count). The highest BCUT2D eigenvalue weighted by molar-refractivity contribution is 7.47. The molecule has 10 heteroatoms. The van der Waals surface area contributed by atoms with Gasteiger partial charge in [0, 0.05) is 12.8 Å². The fourth-order valence-corrected chi connectivity index (χ4v) is 7.16. The maximum atomic E-state index is 12.7. The number of phosphoric ester groups is 1. The van der Waals surface area contributed by atoms with Crippen LogP contribution in [-0.2, 0) is 32.7 Å². The molecule has 0 aliphatic rings. The molecule has 2 unspecified atom stereocenters. The van der Waals surface area contributed by atoms with Crippen molar-refractivity contribution in [3.8, 4) is 0 Å². The molecule has 55 heavy (non-hydrogen) atoms. The van der Waals surface area contributed by atoms with E-state index in [1.807, 2.05) is 21.1 Å². The molecular formula is C45H89NO8P+. The normalized spacial score (nSPS) is 13.6. The molecule has 0 amide bonds. The number of carbonyl (C=O) groups is 2. The van der Waals surface area contributed by atoms with E-state index in [9.17, 15) is 19.0 Å². The lowest BCUT2D eigenvalue weighted by Gasteiger charge is -2.24. The van der Waals surface area contributed by atoms with Gasteiger partial charge in [-0.25, -0.2) is 4.57 Å². The van der Waals surface area contributed by atoms with Crippen LogP contribution in [0.1, 0.15) is 213 Å². The van der Waals surface area contributed by atoms with E-state index in [2.05, 4.69) is 26.0 Å². The lowest BCUT2D eigenvalue weighted by atomic mass is 10.0. The topological polar surface area (TPSA) is 108 Å². The first-order valence-electron chi connectivity index (χ1n) is 22.9. The van der Waals surface area contributed by atoms with E-state index in [-0.39, 0.29) is 25.6 Å². The number of esters is 2. The minimum atomic E-state index is -4.37. The van der Waals surface area contributed by atoms with Crippen molar-refractivity contribution in [1.29, 1.82) is 0 Å². The smallest absolute Gasteiger partial charge is 0.462 e. The number of unbranched alkanes of at least 4 members (excludes halogenated alkanes) is 26. The van der Waals surface area contributed by atoms with E-state index < -0.39 is 26.5 Å². The first-order chi connectivity index (χ1) is 26.5. The van der Waals surface area contributed by atoms with Crippen molar-refractivity contribution in [2.45, 2.75) is 219 Å². The second-order valence-corrected chi connectivity index (χ2v) is 18.2. The minimum Gasteiger partial charge on any atom is -0.462 e. The molecule has 326 valence electrons. The molecule has 0 saturated carbocycles. The molecule has 0 aromatic carbocycles. The van der Waals surface area contributed by atoms with Crippen molar-refractivity contribution in [3.05, 3.63) is 12.2 Å². The van der Waals surface area contributed by atoms with Crippen LogP contribution in [0.3, 0.4) is 0 Å². The van der Waals surface area contributed by atoms with Crippen molar-refractivity contribution in [2.24, 2.45) is 0 Å². The van der Waals surface area contributed by atoms with Crippen LogP contribution in [0.15, 0.2) is 12.2 Å². The van der Waals surface area contributed by atoms with Crippen LogP contribution in [0, 0.1) is 0 Å². The van der Waals surface area contributed by atoms with E-state index in [4.69, 9.17) is 18.5 Å². The highest BCUT2D eigenvalue weighted by Gasteiger charge is 2.27. The van der Waals surface area contributed by atoms with Gasteiger partial charge in [-0.15, -0.1) is 0 Å². The summed E-state index contributed by atoms with van der Waals surface area (Å²) in [4.78, 5) is 35.4. The van der Waals surface area contributed by atoms with Crippen LogP contribution in [0.5, 0.6) is 0 Å². The van der Waals surface area contributed by atoms with Crippen LogP contribution in [0.25, 0.3) is 0 Å². The van der Waals surface area contributed by atoms with Gasteiger partial charge in [-0.05, 0) is 38.5 Å². The third-order valence-electron chi connectivity index (χ3n) is 10.0. The van der Waals surface area contributed by atoms with E-state index in [1.165, 1.54) is 128 Å². The Hall–Kier alpha value is -1.25. The Kier molecular flexibility index (Phi) is 37.4. The Morgan fingerprint density at radius 3 is 1.36 bits per heavy atom. The molecule has 0 aromatic rings. The molecule has 0 bridgehead atoms. The van der Waals surface area contributed by atoms with Crippen LogP contribution >= 0.6 is 7.82 Å². The number of hydrogen-bond donors (Lipinski definition) is 1. The van der Waals surface area contributed by atoms with Crippen LogP contribution < -0.4 is 0 Å². The van der Waals surface area contributed by atoms with Gasteiger partial charge in [-0.3, -0.25) is 18.6 Å². The van der Waals surface area contributed by atoms with E-state index in [1.54, 1.807) is 0 Å². The highest BCUT2D eigenvalue weighted by Crippen LogP contribution is 2.43. The van der Waals surface area contributed by atoms with E-state index in [0.29, 0.717) is 23.9 Å². The number of quaternary nitrogens is 1. The number of nitrogens with zero attached hydrogens (tertiary/aromatic N) is 1. The monoisotopic (exact) mass is 803 g/mol. The van der Waals surface area contributed by atoms with Gasteiger partial charge in [0.1, 0.15) is 19.8 Å². The molecular weight excluding hydrogens is 713 g/mol. The summed E-state index contributed by atoms with van der Waals surface area (Å²) in [7, 11) is 1.48. The van der Waals surface area contributed by atoms with Gasteiger partial charge in [0.15, 0.2) is 6.10 Å². The van der Waals surface area contributed by atoms with E-state index in [0.717, 1.165) is 51.4 Å². The molecule has 0 aromatic heterocycles. The third-order valence-corrected chi connectivity index (χ3v) is 11.0. The van der Waals surface area contributed by atoms with Crippen LogP contribution in [0.2, 0.25) is 0 Å². The summed E-state index contributed by atoms with van der Waals surface area (Å²) in [5.41, 5.74) is 0. The lowest BCUT2D eigenvalue weighted by molar-refractivity contribution is -0.870. The quantitative estimate of drug-likeness (QED) is 0.0214. The maximum absolute atomic E-state index is 12.7. The van der Waals surface area contributed by atoms with Crippen LogP contribution in [0.4, 0.5) is 0 Å². The Balaban J connectivity index is 4.28. The maximum Gasteiger partial charge on any atom is 0.472 e. The number of carbonyl (C=O) groups excluding carboxylic acids is 2. The average molecular weight is 803 g/mol. The zero-order valence-corrected chi connectivity index (χ0v) is 37.6. The van der Waals surface area contributed by atoms with Crippen LogP contribution in [-0.4, -0.2) is 74.9 Å². The molecule has 0 fully saturated rings. The molecule has 0 spiro atoms. The van der Waals surface area contributed by atoms with Gasteiger partial charge in [0.05, 0.1) is 27.7 Å². The first kappa shape index (κ1) is 53.8. The summed E-state index contributed by atoms with van der Waals surface area (Å²) < 4.78 is 34.3. The number of rotatable bonds is 42. The van der Waals surface area contributed by atoms with Gasteiger partial charge >= 0.3 is 19.8 Å². The second kappa shape index (κ2) is 38.3. The van der Waals surface area contributed by atoms with Gasteiger partial charge in [-0.1, -0.05) is 174 Å². The summed E-state index contributed by atoms with van der Waals surface area (Å²) in [6, 6.07) is 0. The highest BCUT2D eigenvalue weighted by atomic mass is 31.2. The Bertz CT molecular complexity index is 954. The third kappa shape index (κ3) is 42.2. The predicted octanol–water partition coefficient (Wildman–Crippen LogP) is 13.0. The first-order valence-corrected chi connectivity index (χ1v) is 24.4. The van der Waals surface area contributed by atoms with Crippen molar-refractivity contribution in [3.63, 3.8) is 0 Å². The van der Waals surface area contributed by atoms with E-state index >= 15 is 0 Å². The molecule has 2 atom stereocenters. The van der Waals surface area contributed by atoms with Gasteiger partial charge in [-0.2, -0.15) is 0 Å². The van der Waals surface area contributed by atoms with Crippen molar-refractivity contribution >= 4 is 19.8 Å². The van der Waals surface area contributed by atoms with Crippen molar-refractivity contribution in [2.75, 3.05) is 47.5 Å². The number of allylic oxidation sites excluding steroid dienone is 2. The lowest BCUT2D eigenvalue weighted by Crippen LogP contribution is -2.37. The Morgan fingerprint density at radius 2 is 0.927 bits per heavy atom. The number of phosphoric acid groups is 1. The average Bonchev–Trinajstić information content (AvgIpc) is 3.13. The van der Waals surface area contributed by atoms with Crippen molar-refractivity contribution in [1.82, 2.24) is 0 Å². The standard InChI is InChI=1S/C45H88NO8P/c1-6-8-10-12-14-16-18-20-21-22-23-24-26-27-29-31-33-35-37-44(47)51-41-43(42-53-55(49,50)52-40-39-46(3,4)5)54-45(48)38-36-34-32-30-28-25-19-17-15-13-11-9-7-2/h17,19,43H,6-16,18,20-42H2,1-5H3/p+1/b19-17-. The number of hydrogen-bond acceptors (Lipinski definition) is 7. The number of likely N-dealkylation sites (N-methyl/N-ethyl adjacent to an activating group) is 1. The molecule has 1 N–H and O–H groups in total. The molecule has 0 aliphatic carbocycles.